The number of hydrogen-bond donors (Lipinski definition) is 0. The van der Waals surface area contributed by atoms with Crippen molar-refractivity contribution in [2.75, 3.05) is 0 Å². The van der Waals surface area contributed by atoms with Crippen LogP contribution >= 0.6 is 0 Å². The Balaban J connectivity index is 2.70. The summed E-state index contributed by atoms with van der Waals surface area (Å²) in [5.41, 5.74) is 0. The number of benzene rings is 1. The quantitative estimate of drug-likeness (QED) is 0.732. The van der Waals surface area contributed by atoms with Crippen molar-refractivity contribution in [2.24, 2.45) is 11.8 Å². The average molecular weight is 210 g/mol. The molecule has 0 saturated carbocycles. The SMILES string of the molecule is CC(C)C(Oc1ccc(F)cc1)C(C)C. The number of halogens is 1. The van der Waals surface area contributed by atoms with Gasteiger partial charge in [-0.1, -0.05) is 27.7 Å². The van der Waals surface area contributed by atoms with Gasteiger partial charge in [-0.25, -0.2) is 4.39 Å². The van der Waals surface area contributed by atoms with Crippen molar-refractivity contribution < 1.29 is 9.13 Å². The van der Waals surface area contributed by atoms with Gasteiger partial charge in [-0.3, -0.25) is 0 Å². The molecule has 2 heteroatoms. The van der Waals surface area contributed by atoms with Crippen molar-refractivity contribution >= 4 is 0 Å². The minimum absolute atomic E-state index is 0.176. The second-order valence-electron chi connectivity index (χ2n) is 4.52. The largest absolute Gasteiger partial charge is 0.490 e. The maximum Gasteiger partial charge on any atom is 0.123 e. The lowest BCUT2D eigenvalue weighted by Gasteiger charge is -2.26. The highest BCUT2D eigenvalue weighted by molar-refractivity contribution is 5.22. The molecular weight excluding hydrogens is 191 g/mol. The second-order valence-corrected chi connectivity index (χ2v) is 4.52. The first-order valence-electron chi connectivity index (χ1n) is 5.43. The minimum Gasteiger partial charge on any atom is -0.490 e. The van der Waals surface area contributed by atoms with E-state index in [9.17, 15) is 4.39 Å². The summed E-state index contributed by atoms with van der Waals surface area (Å²) < 4.78 is 18.5. The monoisotopic (exact) mass is 210 g/mol. The van der Waals surface area contributed by atoms with Crippen molar-refractivity contribution in [3.05, 3.63) is 30.1 Å². The van der Waals surface area contributed by atoms with E-state index in [1.807, 2.05) is 0 Å². The molecule has 0 aliphatic heterocycles. The zero-order valence-corrected chi connectivity index (χ0v) is 9.83. The molecule has 0 spiro atoms. The molecule has 84 valence electrons. The molecule has 1 nitrogen and oxygen atoms in total. The van der Waals surface area contributed by atoms with Crippen LogP contribution in [0.4, 0.5) is 4.39 Å². The fourth-order valence-electron chi connectivity index (χ4n) is 1.71. The Hall–Kier alpha value is -1.05. The van der Waals surface area contributed by atoms with E-state index in [4.69, 9.17) is 4.74 Å². The van der Waals surface area contributed by atoms with Gasteiger partial charge in [-0.2, -0.15) is 0 Å². The van der Waals surface area contributed by atoms with E-state index in [1.165, 1.54) is 12.1 Å². The topological polar surface area (TPSA) is 9.23 Å². The molecule has 1 aromatic carbocycles. The second kappa shape index (κ2) is 5.15. The van der Waals surface area contributed by atoms with Crippen LogP contribution in [0.3, 0.4) is 0 Å². The third kappa shape index (κ3) is 3.54. The van der Waals surface area contributed by atoms with Crippen LogP contribution in [0.15, 0.2) is 24.3 Å². The van der Waals surface area contributed by atoms with Gasteiger partial charge in [0.2, 0.25) is 0 Å². The average Bonchev–Trinajstić information content (AvgIpc) is 2.15. The smallest absolute Gasteiger partial charge is 0.123 e. The first kappa shape index (κ1) is 12.0. The van der Waals surface area contributed by atoms with Crippen LogP contribution in [0, 0.1) is 17.7 Å². The Bertz CT molecular complexity index is 282. The summed E-state index contributed by atoms with van der Waals surface area (Å²) in [6, 6.07) is 6.19. The molecule has 0 N–H and O–H groups in total. The highest BCUT2D eigenvalue weighted by Crippen LogP contribution is 2.21. The Morgan fingerprint density at radius 2 is 1.40 bits per heavy atom. The molecule has 0 atom stereocenters. The zero-order chi connectivity index (χ0) is 11.4. The van der Waals surface area contributed by atoms with Crippen LogP contribution in [-0.4, -0.2) is 6.10 Å². The van der Waals surface area contributed by atoms with Crippen molar-refractivity contribution in [3.8, 4) is 5.75 Å². The van der Waals surface area contributed by atoms with E-state index >= 15 is 0 Å². The van der Waals surface area contributed by atoms with E-state index in [2.05, 4.69) is 27.7 Å². The molecule has 0 bridgehead atoms. The summed E-state index contributed by atoms with van der Waals surface area (Å²) in [6.07, 6.45) is 0.176. The number of rotatable bonds is 4. The Labute approximate surface area is 91.3 Å². The summed E-state index contributed by atoms with van der Waals surface area (Å²) in [7, 11) is 0. The van der Waals surface area contributed by atoms with Crippen molar-refractivity contribution in [2.45, 2.75) is 33.8 Å². The molecular formula is C13H19FO. The van der Waals surface area contributed by atoms with Gasteiger partial charge >= 0.3 is 0 Å². The van der Waals surface area contributed by atoms with Gasteiger partial charge in [0.1, 0.15) is 17.7 Å². The van der Waals surface area contributed by atoms with E-state index < -0.39 is 0 Å². The lowest BCUT2D eigenvalue weighted by atomic mass is 9.96. The van der Waals surface area contributed by atoms with E-state index in [0.29, 0.717) is 11.8 Å². The molecule has 0 aliphatic carbocycles. The molecule has 1 rings (SSSR count). The standard InChI is InChI=1S/C13H19FO/c1-9(2)13(10(3)4)15-12-7-5-11(14)6-8-12/h5-10,13H,1-4H3. The first-order valence-corrected chi connectivity index (χ1v) is 5.43. The van der Waals surface area contributed by atoms with Gasteiger partial charge in [-0.15, -0.1) is 0 Å². The molecule has 0 aromatic heterocycles. The lowest BCUT2D eigenvalue weighted by Crippen LogP contribution is -2.28. The highest BCUT2D eigenvalue weighted by atomic mass is 19.1. The van der Waals surface area contributed by atoms with Gasteiger partial charge < -0.3 is 4.74 Å². The van der Waals surface area contributed by atoms with Crippen LogP contribution in [0.25, 0.3) is 0 Å². The molecule has 0 amide bonds. The van der Waals surface area contributed by atoms with E-state index in [0.717, 1.165) is 5.75 Å². The molecule has 1 aromatic rings. The van der Waals surface area contributed by atoms with Gasteiger partial charge in [0.05, 0.1) is 0 Å². The predicted octanol–water partition coefficient (Wildman–Crippen LogP) is 3.89. The van der Waals surface area contributed by atoms with Crippen LogP contribution in [-0.2, 0) is 0 Å². The van der Waals surface area contributed by atoms with Crippen molar-refractivity contribution in [1.29, 1.82) is 0 Å². The normalized spacial score (nSPS) is 11.5. The minimum atomic E-state index is -0.229. The molecule has 0 heterocycles. The fraction of sp³-hybridized carbons (Fsp3) is 0.538. The summed E-state index contributed by atoms with van der Waals surface area (Å²) in [4.78, 5) is 0. The lowest BCUT2D eigenvalue weighted by molar-refractivity contribution is 0.105. The summed E-state index contributed by atoms with van der Waals surface area (Å²) in [5, 5.41) is 0. The van der Waals surface area contributed by atoms with Gasteiger partial charge in [0.15, 0.2) is 0 Å². The Morgan fingerprint density at radius 3 is 1.80 bits per heavy atom. The van der Waals surface area contributed by atoms with Crippen molar-refractivity contribution in [1.82, 2.24) is 0 Å². The third-order valence-corrected chi connectivity index (χ3v) is 2.40. The summed E-state index contributed by atoms with van der Waals surface area (Å²) in [5.74, 6) is 1.42. The maximum atomic E-state index is 12.7. The molecule has 0 fully saturated rings. The first-order chi connectivity index (χ1) is 7.00. The summed E-state index contributed by atoms with van der Waals surface area (Å²) >= 11 is 0. The molecule has 0 saturated heterocycles. The van der Waals surface area contributed by atoms with E-state index in [1.54, 1.807) is 12.1 Å². The number of hydrogen-bond acceptors (Lipinski definition) is 1. The number of ether oxygens (including phenoxy) is 1. The Morgan fingerprint density at radius 1 is 0.933 bits per heavy atom. The van der Waals surface area contributed by atoms with Crippen LogP contribution in [0.5, 0.6) is 5.75 Å². The van der Waals surface area contributed by atoms with Gasteiger partial charge in [-0.05, 0) is 36.1 Å². The molecule has 0 radical (unpaired) electrons. The van der Waals surface area contributed by atoms with Crippen molar-refractivity contribution in [3.63, 3.8) is 0 Å². The van der Waals surface area contributed by atoms with Gasteiger partial charge in [0.25, 0.3) is 0 Å². The molecule has 0 unspecified atom stereocenters. The van der Waals surface area contributed by atoms with Crippen LogP contribution < -0.4 is 4.74 Å². The van der Waals surface area contributed by atoms with Crippen LogP contribution in [0.1, 0.15) is 27.7 Å². The maximum absolute atomic E-state index is 12.7. The van der Waals surface area contributed by atoms with Crippen LogP contribution in [0.2, 0.25) is 0 Å². The van der Waals surface area contributed by atoms with E-state index in [-0.39, 0.29) is 11.9 Å². The molecule has 15 heavy (non-hydrogen) atoms. The zero-order valence-electron chi connectivity index (χ0n) is 9.83. The third-order valence-electron chi connectivity index (χ3n) is 2.40. The Kier molecular flexibility index (Phi) is 4.13. The van der Waals surface area contributed by atoms with Gasteiger partial charge in [0, 0.05) is 0 Å². The molecule has 0 aliphatic rings. The summed E-state index contributed by atoms with van der Waals surface area (Å²) in [6.45, 7) is 8.53. The fourth-order valence-corrected chi connectivity index (χ4v) is 1.71. The predicted molar refractivity (Wildman–Crippen MR) is 60.5 cm³/mol. The highest BCUT2D eigenvalue weighted by Gasteiger charge is 2.19.